The summed E-state index contributed by atoms with van der Waals surface area (Å²) < 4.78 is 0. The van der Waals surface area contributed by atoms with E-state index in [1.165, 1.54) is 10.4 Å². The van der Waals surface area contributed by atoms with E-state index in [-0.39, 0.29) is 5.78 Å². The van der Waals surface area contributed by atoms with Crippen molar-refractivity contribution < 1.29 is 4.79 Å². The van der Waals surface area contributed by atoms with Crippen molar-refractivity contribution in [2.24, 2.45) is 0 Å². The molecule has 22 heavy (non-hydrogen) atoms. The van der Waals surface area contributed by atoms with E-state index in [1.807, 2.05) is 24.3 Å². The van der Waals surface area contributed by atoms with Crippen LogP contribution in [-0.2, 0) is 6.42 Å². The van der Waals surface area contributed by atoms with Gasteiger partial charge in [0.1, 0.15) is 0 Å². The molecule has 0 N–H and O–H groups in total. The van der Waals surface area contributed by atoms with E-state index in [4.69, 9.17) is 0 Å². The van der Waals surface area contributed by atoms with Crippen LogP contribution in [-0.4, -0.2) is 5.78 Å². The summed E-state index contributed by atoms with van der Waals surface area (Å²) in [6.07, 6.45) is 0.879. The molecule has 2 heteroatoms. The molecule has 0 unspecified atom stereocenters. The van der Waals surface area contributed by atoms with Crippen molar-refractivity contribution in [3.63, 3.8) is 0 Å². The molecular formula is C20H18OS. The third kappa shape index (κ3) is 2.88. The zero-order chi connectivity index (χ0) is 15.5. The van der Waals surface area contributed by atoms with Crippen LogP contribution < -0.4 is 0 Å². The van der Waals surface area contributed by atoms with Crippen LogP contribution in [0.3, 0.4) is 0 Å². The maximum Gasteiger partial charge on any atom is 0.161 e. The second-order valence-electron chi connectivity index (χ2n) is 5.44. The SMILES string of the molecule is CC(=O)c1c(-c2ccccc2)sc(Cc2ccccc2)c1C. The lowest BCUT2D eigenvalue weighted by Gasteiger charge is -2.02. The average molecular weight is 306 g/mol. The van der Waals surface area contributed by atoms with Gasteiger partial charge in [-0.25, -0.2) is 0 Å². The molecule has 3 aromatic rings. The van der Waals surface area contributed by atoms with Gasteiger partial charge in [0.05, 0.1) is 0 Å². The van der Waals surface area contributed by atoms with Gasteiger partial charge in [-0.15, -0.1) is 11.3 Å². The van der Waals surface area contributed by atoms with Gasteiger partial charge in [-0.05, 0) is 30.5 Å². The smallest absolute Gasteiger partial charge is 0.161 e. The van der Waals surface area contributed by atoms with Gasteiger partial charge in [0, 0.05) is 21.7 Å². The van der Waals surface area contributed by atoms with E-state index in [0.717, 1.165) is 28.0 Å². The van der Waals surface area contributed by atoms with Gasteiger partial charge in [0.25, 0.3) is 0 Å². The normalized spacial score (nSPS) is 10.6. The Morgan fingerprint density at radius 2 is 1.55 bits per heavy atom. The number of thiophene rings is 1. The van der Waals surface area contributed by atoms with Gasteiger partial charge in [0.2, 0.25) is 0 Å². The van der Waals surface area contributed by atoms with Crippen molar-refractivity contribution in [2.45, 2.75) is 20.3 Å². The first-order valence-corrected chi connectivity index (χ1v) is 8.21. The molecule has 0 bridgehead atoms. The molecule has 0 radical (unpaired) electrons. The monoisotopic (exact) mass is 306 g/mol. The van der Waals surface area contributed by atoms with E-state index in [1.54, 1.807) is 18.3 Å². The molecule has 0 aliphatic rings. The van der Waals surface area contributed by atoms with E-state index < -0.39 is 0 Å². The van der Waals surface area contributed by atoms with E-state index >= 15 is 0 Å². The Kier molecular flexibility index (Phi) is 4.21. The minimum absolute atomic E-state index is 0.145. The summed E-state index contributed by atoms with van der Waals surface area (Å²) >= 11 is 1.74. The molecular weight excluding hydrogens is 288 g/mol. The van der Waals surface area contributed by atoms with Gasteiger partial charge in [0.15, 0.2) is 5.78 Å². The molecule has 0 aliphatic heterocycles. The van der Waals surface area contributed by atoms with Crippen LogP contribution in [0.4, 0.5) is 0 Å². The molecule has 0 aliphatic carbocycles. The van der Waals surface area contributed by atoms with Crippen molar-refractivity contribution in [3.8, 4) is 10.4 Å². The molecule has 1 heterocycles. The van der Waals surface area contributed by atoms with Gasteiger partial charge in [-0.2, -0.15) is 0 Å². The van der Waals surface area contributed by atoms with Gasteiger partial charge in [-0.1, -0.05) is 60.7 Å². The zero-order valence-electron chi connectivity index (χ0n) is 12.8. The fraction of sp³-hybridized carbons (Fsp3) is 0.150. The van der Waals surface area contributed by atoms with Crippen LogP contribution >= 0.6 is 11.3 Å². The van der Waals surface area contributed by atoms with Crippen molar-refractivity contribution in [1.82, 2.24) is 0 Å². The Morgan fingerprint density at radius 1 is 0.955 bits per heavy atom. The van der Waals surface area contributed by atoms with E-state index in [2.05, 4.69) is 43.3 Å². The number of carbonyl (C=O) groups is 1. The Morgan fingerprint density at radius 3 is 2.14 bits per heavy atom. The lowest BCUT2D eigenvalue weighted by atomic mass is 10.0. The summed E-state index contributed by atoms with van der Waals surface area (Å²) in [5.41, 5.74) is 4.41. The number of Topliss-reactive ketones (excluding diaryl/α,β-unsaturated/α-hetero) is 1. The van der Waals surface area contributed by atoms with E-state index in [9.17, 15) is 4.79 Å². The Labute approximate surface area is 135 Å². The molecule has 3 rings (SSSR count). The Balaban J connectivity index is 2.08. The van der Waals surface area contributed by atoms with Gasteiger partial charge >= 0.3 is 0 Å². The molecule has 0 atom stereocenters. The minimum Gasteiger partial charge on any atom is -0.294 e. The van der Waals surface area contributed by atoms with Crippen molar-refractivity contribution in [1.29, 1.82) is 0 Å². The second-order valence-corrected chi connectivity index (χ2v) is 6.54. The maximum absolute atomic E-state index is 12.1. The summed E-state index contributed by atoms with van der Waals surface area (Å²) in [4.78, 5) is 14.5. The highest BCUT2D eigenvalue weighted by atomic mass is 32.1. The fourth-order valence-electron chi connectivity index (χ4n) is 2.73. The number of carbonyl (C=O) groups excluding carboxylic acids is 1. The Bertz CT molecular complexity index is 785. The Hall–Kier alpha value is -2.19. The molecule has 0 amide bonds. The van der Waals surface area contributed by atoms with Gasteiger partial charge in [-0.3, -0.25) is 4.79 Å². The third-order valence-electron chi connectivity index (χ3n) is 3.84. The summed E-state index contributed by atoms with van der Waals surface area (Å²) in [6, 6.07) is 20.6. The number of hydrogen-bond acceptors (Lipinski definition) is 2. The summed E-state index contributed by atoms with van der Waals surface area (Å²) in [5, 5.41) is 0. The number of benzene rings is 2. The third-order valence-corrected chi connectivity index (χ3v) is 5.18. The minimum atomic E-state index is 0.145. The van der Waals surface area contributed by atoms with Crippen molar-refractivity contribution >= 4 is 17.1 Å². The van der Waals surface area contributed by atoms with Crippen molar-refractivity contribution in [2.75, 3.05) is 0 Å². The topological polar surface area (TPSA) is 17.1 Å². The van der Waals surface area contributed by atoms with Crippen molar-refractivity contribution in [3.05, 3.63) is 82.2 Å². The number of hydrogen-bond donors (Lipinski definition) is 0. The molecule has 1 nitrogen and oxygen atoms in total. The summed E-state index contributed by atoms with van der Waals surface area (Å²) in [6.45, 7) is 3.73. The number of ketones is 1. The predicted octanol–water partition coefficient (Wildman–Crippen LogP) is 5.52. The first-order chi connectivity index (χ1) is 10.7. The first-order valence-electron chi connectivity index (χ1n) is 7.39. The predicted molar refractivity (Wildman–Crippen MR) is 93.7 cm³/mol. The summed E-state index contributed by atoms with van der Waals surface area (Å²) in [7, 11) is 0. The molecule has 0 fully saturated rings. The molecule has 0 saturated carbocycles. The number of rotatable bonds is 4. The lowest BCUT2D eigenvalue weighted by Crippen LogP contribution is -1.96. The first kappa shape index (κ1) is 14.7. The van der Waals surface area contributed by atoms with Crippen LogP contribution in [0.1, 0.15) is 33.3 Å². The second kappa shape index (κ2) is 6.29. The van der Waals surface area contributed by atoms with Crippen LogP contribution in [0.15, 0.2) is 60.7 Å². The largest absolute Gasteiger partial charge is 0.294 e. The van der Waals surface area contributed by atoms with Crippen LogP contribution in [0, 0.1) is 6.92 Å². The highest BCUT2D eigenvalue weighted by molar-refractivity contribution is 7.16. The standard InChI is InChI=1S/C20H18OS/c1-14-18(13-16-9-5-3-6-10-16)22-20(19(14)15(2)21)17-11-7-4-8-12-17/h3-12H,13H2,1-2H3. The zero-order valence-corrected chi connectivity index (χ0v) is 13.6. The quantitative estimate of drug-likeness (QED) is 0.580. The van der Waals surface area contributed by atoms with Crippen LogP contribution in [0.5, 0.6) is 0 Å². The average Bonchev–Trinajstić information content (AvgIpc) is 2.86. The molecule has 0 saturated heterocycles. The highest BCUT2D eigenvalue weighted by Crippen LogP contribution is 2.37. The lowest BCUT2D eigenvalue weighted by molar-refractivity contribution is 0.101. The summed E-state index contributed by atoms with van der Waals surface area (Å²) in [5.74, 6) is 0.145. The molecule has 2 aromatic carbocycles. The fourth-order valence-corrected chi connectivity index (χ4v) is 4.12. The van der Waals surface area contributed by atoms with Crippen LogP contribution in [0.2, 0.25) is 0 Å². The van der Waals surface area contributed by atoms with E-state index in [0.29, 0.717) is 0 Å². The molecule has 1 aromatic heterocycles. The molecule has 0 spiro atoms. The molecule has 110 valence electrons. The highest BCUT2D eigenvalue weighted by Gasteiger charge is 2.19. The van der Waals surface area contributed by atoms with Crippen LogP contribution in [0.25, 0.3) is 10.4 Å². The van der Waals surface area contributed by atoms with Gasteiger partial charge < -0.3 is 0 Å². The maximum atomic E-state index is 12.1.